The number of fused-ring (bicyclic) bond motifs is 1. The third kappa shape index (κ3) is 4.08. The van der Waals surface area contributed by atoms with Crippen molar-refractivity contribution in [3.8, 4) is 0 Å². The molecule has 0 saturated heterocycles. The maximum absolute atomic E-state index is 12.7. The number of benzene rings is 2. The Morgan fingerprint density at radius 2 is 1.93 bits per heavy atom. The minimum absolute atomic E-state index is 0.0231. The Hall–Kier alpha value is -2.95. The van der Waals surface area contributed by atoms with E-state index in [1.165, 1.54) is 11.3 Å². The van der Waals surface area contributed by atoms with Gasteiger partial charge in [0.1, 0.15) is 5.82 Å². The minimum Gasteiger partial charge on any atom is -0.374 e. The van der Waals surface area contributed by atoms with E-state index in [0.29, 0.717) is 24.6 Å². The highest BCUT2D eigenvalue weighted by Gasteiger charge is 2.23. The van der Waals surface area contributed by atoms with Crippen molar-refractivity contribution in [3.63, 3.8) is 0 Å². The van der Waals surface area contributed by atoms with Crippen LogP contribution in [0.3, 0.4) is 0 Å². The highest BCUT2D eigenvalue weighted by Crippen LogP contribution is 2.28. The fourth-order valence-corrected chi connectivity index (χ4v) is 3.84. The van der Waals surface area contributed by atoms with E-state index in [1.807, 2.05) is 30.3 Å². The number of anilines is 1. The van der Waals surface area contributed by atoms with Gasteiger partial charge in [0.05, 0.1) is 0 Å². The topological polar surface area (TPSA) is 61.9 Å². The molecule has 5 heteroatoms. The van der Waals surface area contributed by atoms with Crippen molar-refractivity contribution in [2.24, 2.45) is 5.92 Å². The van der Waals surface area contributed by atoms with Crippen molar-refractivity contribution in [3.05, 3.63) is 77.4 Å². The molecule has 1 atom stereocenters. The number of rotatable bonds is 5. The van der Waals surface area contributed by atoms with Crippen LogP contribution in [-0.4, -0.2) is 34.6 Å². The third-order valence-electron chi connectivity index (χ3n) is 5.23. The Morgan fingerprint density at radius 1 is 1.15 bits per heavy atom. The number of carbonyl (C=O) groups excluding carboxylic acids is 1. The van der Waals surface area contributed by atoms with E-state index in [4.69, 9.17) is 0 Å². The van der Waals surface area contributed by atoms with Gasteiger partial charge in [-0.05, 0) is 36.0 Å². The van der Waals surface area contributed by atoms with Crippen LogP contribution in [0.25, 0.3) is 0 Å². The van der Waals surface area contributed by atoms with Crippen LogP contribution in [0.4, 0.5) is 5.69 Å². The average Bonchev–Trinajstić information content (AvgIpc) is 3.09. The molecule has 4 rings (SSSR count). The largest absolute Gasteiger partial charge is 0.374 e. The second-order valence-electron chi connectivity index (χ2n) is 7.31. The minimum atomic E-state index is 0.0231. The highest BCUT2D eigenvalue weighted by atomic mass is 16.1. The van der Waals surface area contributed by atoms with Gasteiger partial charge in [-0.3, -0.25) is 9.89 Å². The van der Waals surface area contributed by atoms with Gasteiger partial charge in [-0.2, -0.15) is 5.10 Å². The van der Waals surface area contributed by atoms with E-state index in [9.17, 15) is 4.79 Å². The number of Topliss-reactive ketones (excluding diaryl/α,β-unsaturated/α-hetero) is 1. The van der Waals surface area contributed by atoms with Crippen LogP contribution in [0.5, 0.6) is 0 Å². The second kappa shape index (κ2) is 7.74. The van der Waals surface area contributed by atoms with E-state index in [2.05, 4.69) is 51.4 Å². The van der Waals surface area contributed by atoms with E-state index in [1.54, 1.807) is 0 Å². The van der Waals surface area contributed by atoms with Gasteiger partial charge in [-0.25, -0.2) is 4.98 Å². The Bertz CT molecular complexity index is 919. The lowest BCUT2D eigenvalue weighted by Gasteiger charge is -2.22. The van der Waals surface area contributed by atoms with Crippen LogP contribution in [0.1, 0.15) is 40.4 Å². The number of para-hydroxylation sites is 1. The van der Waals surface area contributed by atoms with Crippen LogP contribution >= 0.6 is 0 Å². The Labute approximate surface area is 159 Å². The zero-order valence-corrected chi connectivity index (χ0v) is 15.6. The first-order chi connectivity index (χ1) is 13.2. The first-order valence-electron chi connectivity index (χ1n) is 9.46. The molecular weight excluding hydrogens is 336 g/mol. The molecule has 0 aliphatic carbocycles. The van der Waals surface area contributed by atoms with Gasteiger partial charge >= 0.3 is 0 Å². The van der Waals surface area contributed by atoms with Gasteiger partial charge in [-0.15, -0.1) is 0 Å². The molecule has 1 unspecified atom stereocenters. The molecule has 1 aromatic heterocycles. The van der Waals surface area contributed by atoms with E-state index >= 15 is 0 Å². The van der Waals surface area contributed by atoms with Gasteiger partial charge in [-0.1, -0.05) is 48.5 Å². The molecule has 0 saturated carbocycles. The summed E-state index contributed by atoms with van der Waals surface area (Å²) >= 11 is 0. The van der Waals surface area contributed by atoms with Crippen molar-refractivity contribution in [2.45, 2.75) is 25.7 Å². The maximum atomic E-state index is 12.7. The molecule has 1 aliphatic rings. The number of aromatic amines is 1. The molecule has 0 radical (unpaired) electrons. The lowest BCUT2D eigenvalue weighted by molar-refractivity contribution is 0.0951. The van der Waals surface area contributed by atoms with Crippen molar-refractivity contribution >= 4 is 11.5 Å². The van der Waals surface area contributed by atoms with Gasteiger partial charge in [0.15, 0.2) is 0 Å². The van der Waals surface area contributed by atoms with Crippen LogP contribution in [-0.2, 0) is 12.8 Å². The molecule has 0 spiro atoms. The summed E-state index contributed by atoms with van der Waals surface area (Å²) in [5.74, 6) is 1.38. The maximum Gasteiger partial charge on any atom is 0.217 e. The molecule has 3 aromatic rings. The zero-order valence-electron chi connectivity index (χ0n) is 15.6. The Kier molecular flexibility index (Phi) is 5.01. The molecule has 0 bridgehead atoms. The van der Waals surface area contributed by atoms with Crippen LogP contribution < -0.4 is 4.90 Å². The molecule has 1 N–H and O–H groups in total. The molecule has 2 aromatic carbocycles. The Balaban J connectivity index is 1.40. The predicted octanol–water partition coefficient (Wildman–Crippen LogP) is 3.67. The molecule has 138 valence electrons. The van der Waals surface area contributed by atoms with Crippen LogP contribution in [0.2, 0.25) is 0 Å². The smallest absolute Gasteiger partial charge is 0.217 e. The molecule has 1 aliphatic heterocycles. The first-order valence-corrected chi connectivity index (χ1v) is 9.46. The zero-order chi connectivity index (χ0) is 18.6. The van der Waals surface area contributed by atoms with Crippen LogP contribution in [0, 0.1) is 5.92 Å². The molecule has 5 nitrogen and oxygen atoms in total. The summed E-state index contributed by atoms with van der Waals surface area (Å²) in [6.45, 7) is 0.879. The van der Waals surface area contributed by atoms with Gasteiger partial charge in [0, 0.05) is 32.1 Å². The van der Waals surface area contributed by atoms with Crippen molar-refractivity contribution < 1.29 is 4.79 Å². The third-order valence-corrected chi connectivity index (χ3v) is 5.23. The standard InChI is InChI=1S/C22H24N4O/c1-26-15-17(11-12-18-9-5-6-10-19(18)26)13-20(27)22-23-21(24-25-22)14-16-7-3-2-4-8-16/h2-10,17H,11-15H2,1H3,(H,23,24,25). The molecule has 0 amide bonds. The summed E-state index contributed by atoms with van der Waals surface area (Å²) in [6.07, 6.45) is 3.16. The number of H-pyrrole nitrogens is 1. The van der Waals surface area contributed by atoms with Crippen LogP contribution in [0.15, 0.2) is 54.6 Å². The number of ketones is 1. The monoisotopic (exact) mass is 360 g/mol. The number of aryl methyl sites for hydroxylation is 1. The summed E-state index contributed by atoms with van der Waals surface area (Å²) in [5.41, 5.74) is 3.78. The summed E-state index contributed by atoms with van der Waals surface area (Å²) in [4.78, 5) is 19.4. The normalized spacial score (nSPS) is 16.6. The molecule has 27 heavy (non-hydrogen) atoms. The summed E-state index contributed by atoms with van der Waals surface area (Å²) in [5, 5.41) is 7.08. The quantitative estimate of drug-likeness (QED) is 0.705. The SMILES string of the molecule is CN1CC(CC(=O)c2n[nH]c(Cc3ccccc3)n2)CCc2ccccc21. The number of carbonyl (C=O) groups is 1. The van der Waals surface area contributed by atoms with Crippen molar-refractivity contribution in [1.82, 2.24) is 15.2 Å². The average molecular weight is 360 g/mol. The van der Waals surface area contributed by atoms with Crippen molar-refractivity contribution in [2.75, 3.05) is 18.5 Å². The highest BCUT2D eigenvalue weighted by molar-refractivity contribution is 5.92. The Morgan fingerprint density at radius 3 is 2.78 bits per heavy atom. The fraction of sp³-hybridized carbons (Fsp3) is 0.318. The molecular formula is C22H24N4O. The predicted molar refractivity (Wildman–Crippen MR) is 106 cm³/mol. The summed E-state index contributed by atoms with van der Waals surface area (Å²) < 4.78 is 0. The number of hydrogen-bond donors (Lipinski definition) is 1. The fourth-order valence-electron chi connectivity index (χ4n) is 3.84. The van der Waals surface area contributed by atoms with Gasteiger partial charge < -0.3 is 4.90 Å². The summed E-state index contributed by atoms with van der Waals surface area (Å²) in [6, 6.07) is 18.6. The second-order valence-corrected chi connectivity index (χ2v) is 7.31. The van der Waals surface area contributed by atoms with Gasteiger partial charge in [0.2, 0.25) is 11.6 Å². The molecule has 0 fully saturated rings. The van der Waals surface area contributed by atoms with Crippen molar-refractivity contribution in [1.29, 1.82) is 0 Å². The number of hydrogen-bond acceptors (Lipinski definition) is 4. The lowest BCUT2D eigenvalue weighted by Crippen LogP contribution is -2.25. The molecule has 2 heterocycles. The van der Waals surface area contributed by atoms with Gasteiger partial charge in [0.25, 0.3) is 0 Å². The van der Waals surface area contributed by atoms with E-state index in [-0.39, 0.29) is 5.78 Å². The number of nitrogens with zero attached hydrogens (tertiary/aromatic N) is 3. The van der Waals surface area contributed by atoms with E-state index in [0.717, 1.165) is 30.8 Å². The summed E-state index contributed by atoms with van der Waals surface area (Å²) in [7, 11) is 2.10. The first kappa shape index (κ1) is 17.5. The number of nitrogens with one attached hydrogen (secondary N) is 1. The number of aromatic nitrogens is 3. The lowest BCUT2D eigenvalue weighted by atomic mass is 9.95. The van der Waals surface area contributed by atoms with E-state index < -0.39 is 0 Å².